The Balaban J connectivity index is 0.000000129. The molecule has 0 unspecified atom stereocenters. The number of H-pyrrole nitrogens is 2. The van der Waals surface area contributed by atoms with Gasteiger partial charge in [0.05, 0.1) is 29.6 Å². The zero-order valence-electron chi connectivity index (χ0n) is 79.8. The van der Waals surface area contributed by atoms with Crippen molar-refractivity contribution < 1.29 is 103 Å². The highest BCUT2D eigenvalue weighted by Gasteiger charge is 2.72. The third-order valence-corrected chi connectivity index (χ3v) is 29.3. The van der Waals surface area contributed by atoms with E-state index in [1.54, 1.807) is 58.6 Å². The van der Waals surface area contributed by atoms with E-state index in [1.807, 2.05) is 103 Å². The molecule has 7 amide bonds. The standard InChI is InChI=1S/2C33H37N5O5.C16H13ClN2O.C9H8O4.C8H10N4O2.C4H6O6/c2*1-32(35-29(39)21-15-23-22-10-6-11-24-28(22)20(17-34-24)16-25(23)36(2)18-21)31(41)38-26(14-19-8-4-3-5-9-19)30(40)37-13-7-12-27(37)33(38,42)43-32;1-19-14-8-7-12(17)9-13(14)16(18-10-15(19)20)11-5-3-2-4-6-11;1-6(10)13-8-5-3-2-4-7(8)9(11)12;1-10-4-9-6-5(10)7(13)12(3)8(14)11(6)2;5-1(3(7)8)2(6)4(9)10/h2*3-6,8-11,17,21,23,25-27,34,42H,7,12-16,18H2,1-2H3,(H,35,39);2-9H,10H2,1H3;2-5H,1H3,(H,11,12);4H,1-3H3;1-2,5-6H,(H,7,8)(H,9,10)/t2*21-,23-,25+,26+,27+,32-,33+;;;;1-,2-/m11...0/s1. The number of halogens is 1. The highest BCUT2D eigenvalue weighted by molar-refractivity contribution is 6.32. The van der Waals surface area contributed by atoms with Gasteiger partial charge in [-0.05, 0) is 155 Å². The first kappa shape index (κ1) is 100. The number of nitrogens with zero attached hydrogens (tertiary/aromatic N) is 12. The Morgan fingerprint density at radius 3 is 1.50 bits per heavy atom. The highest BCUT2D eigenvalue weighted by atomic mass is 35.5. The number of rotatable bonds is 14. The lowest BCUT2D eigenvalue weighted by Crippen LogP contribution is -2.71. The highest BCUT2D eigenvalue weighted by Crippen LogP contribution is 2.51. The van der Waals surface area contributed by atoms with Crippen LogP contribution in [0.15, 0.2) is 203 Å². The predicted octanol–water partition coefficient (Wildman–Crippen LogP) is 5.47. The number of anilines is 1. The summed E-state index contributed by atoms with van der Waals surface area (Å²) in [6.07, 6.45) is 7.24. The number of hydrogen-bond donors (Lipinski definition) is 11. The van der Waals surface area contributed by atoms with E-state index in [9.17, 15) is 72.5 Å². The molecule has 13 heterocycles. The van der Waals surface area contributed by atoms with Crippen LogP contribution in [0.25, 0.3) is 33.0 Å². The molecule has 0 radical (unpaired) electrons. The molecule has 0 saturated carbocycles. The predicted molar refractivity (Wildman–Crippen MR) is 520 cm³/mol. The lowest BCUT2D eigenvalue weighted by atomic mass is 9.72. The number of ether oxygens (including phenoxy) is 3. The zero-order valence-corrected chi connectivity index (χ0v) is 80.6. The van der Waals surface area contributed by atoms with E-state index in [0.717, 1.165) is 62.1 Å². The second-order valence-corrected chi connectivity index (χ2v) is 38.7. The minimum Gasteiger partial charge on any atom is -0.479 e. The Bertz CT molecular complexity index is 6770. The topological polar surface area (TPSA) is 510 Å². The number of imidazole rings is 1. The average Bonchev–Trinajstić information content (AvgIpc) is 1.54. The number of hydrogen-bond acceptors (Lipinski definition) is 24. The smallest absolute Gasteiger partial charge is 0.339 e. The van der Waals surface area contributed by atoms with Gasteiger partial charge in [0.2, 0.25) is 41.0 Å². The molecule has 39 nitrogen and oxygen atoms in total. The van der Waals surface area contributed by atoms with Crippen LogP contribution in [-0.2, 0) is 104 Å². The van der Waals surface area contributed by atoms with Crippen LogP contribution in [0.4, 0.5) is 5.69 Å². The molecule has 8 fully saturated rings. The number of aromatic nitrogens is 6. The summed E-state index contributed by atoms with van der Waals surface area (Å²) in [4.78, 5) is 187. The van der Waals surface area contributed by atoms with Crippen LogP contribution < -0.4 is 31.5 Å². The molecule has 4 aromatic heterocycles. The van der Waals surface area contributed by atoms with Gasteiger partial charge in [-0.25, -0.2) is 24.2 Å². The van der Waals surface area contributed by atoms with Crippen LogP contribution in [0.2, 0.25) is 5.02 Å². The number of aliphatic hydroxyl groups excluding tert-OH is 2. The number of para-hydroxylation sites is 1. The fourth-order valence-corrected chi connectivity index (χ4v) is 22.4. The molecule has 7 aromatic carbocycles. The van der Waals surface area contributed by atoms with Gasteiger partial charge in [0, 0.05) is 148 Å². The minimum absolute atomic E-state index is 0.0160. The number of aliphatic imine (C=N–C) groups is 1. The maximum atomic E-state index is 14.2. The number of aliphatic carboxylic acids is 2. The molecule has 0 bridgehead atoms. The molecule has 748 valence electrons. The number of likely N-dealkylation sites (tertiary alicyclic amines) is 2. The Morgan fingerprint density at radius 1 is 0.580 bits per heavy atom. The van der Waals surface area contributed by atoms with Crippen LogP contribution >= 0.6 is 11.6 Å². The van der Waals surface area contributed by atoms with Crippen molar-refractivity contribution in [2.24, 2.45) is 38.0 Å². The van der Waals surface area contributed by atoms with Crippen molar-refractivity contribution in [1.82, 2.24) is 68.7 Å². The van der Waals surface area contributed by atoms with Crippen LogP contribution in [0.5, 0.6) is 5.75 Å². The number of carboxylic acids is 3. The monoisotopic (exact) mass is 1970 g/mol. The zero-order chi connectivity index (χ0) is 102. The van der Waals surface area contributed by atoms with Gasteiger partial charge in [-0.3, -0.25) is 76.6 Å². The van der Waals surface area contributed by atoms with Gasteiger partial charge in [0.15, 0.2) is 23.4 Å². The third kappa shape index (κ3) is 18.7. The number of aliphatic hydroxyl groups is 4. The van der Waals surface area contributed by atoms with Crippen molar-refractivity contribution in [2.75, 3.05) is 58.8 Å². The summed E-state index contributed by atoms with van der Waals surface area (Å²) in [7, 11) is 10.7. The van der Waals surface area contributed by atoms with Crippen LogP contribution in [0.3, 0.4) is 0 Å². The number of piperidine rings is 2. The van der Waals surface area contributed by atoms with Crippen LogP contribution in [-0.4, -0.2) is 290 Å². The number of nitrogens with one attached hydrogen (secondary N) is 4. The quantitative estimate of drug-likeness (QED) is 0.0474. The average molecular weight is 1980 g/mol. The van der Waals surface area contributed by atoms with Crippen LogP contribution in [0.1, 0.15) is 126 Å². The molecule has 143 heavy (non-hydrogen) atoms. The van der Waals surface area contributed by atoms with Crippen LogP contribution in [0, 0.1) is 11.8 Å². The summed E-state index contributed by atoms with van der Waals surface area (Å²) in [6, 6.07) is 50.2. The van der Waals surface area contributed by atoms with Gasteiger partial charge in [-0.15, -0.1) is 0 Å². The number of fused-ring (bicyclic) bond motifs is 12. The molecule has 9 aliphatic heterocycles. The minimum atomic E-state index is -2.27. The molecule has 16 atom stereocenters. The third-order valence-electron chi connectivity index (χ3n) is 29.1. The second kappa shape index (κ2) is 39.8. The summed E-state index contributed by atoms with van der Waals surface area (Å²) >= 11 is 6.11. The number of aromatic carboxylic acids is 1. The van der Waals surface area contributed by atoms with Crippen molar-refractivity contribution >= 4 is 121 Å². The fraction of sp³-hybridized carbons (Fsp3) is 0.388. The lowest BCUT2D eigenvalue weighted by Gasteiger charge is -2.48. The number of piperazine rings is 2. The maximum Gasteiger partial charge on any atom is 0.339 e. The number of likely N-dealkylation sites (N-methyl/N-ethyl adjacent to an activating group) is 3. The summed E-state index contributed by atoms with van der Waals surface area (Å²) in [5.41, 5.74) is 9.16. The Labute approximate surface area is 823 Å². The summed E-state index contributed by atoms with van der Waals surface area (Å²) in [5, 5.41) is 74.3. The molecular weight excluding hydrogens is 1860 g/mol. The molecule has 2 aliphatic carbocycles. The van der Waals surface area contributed by atoms with E-state index >= 15 is 0 Å². The number of benzene rings is 7. The van der Waals surface area contributed by atoms with Crippen molar-refractivity contribution in [2.45, 2.75) is 169 Å². The molecule has 8 saturated heterocycles. The molecule has 22 rings (SSSR count). The van der Waals surface area contributed by atoms with Gasteiger partial charge < -0.3 is 90.2 Å². The van der Waals surface area contributed by atoms with E-state index in [2.05, 4.69) is 108 Å². The second-order valence-electron chi connectivity index (χ2n) is 38.2. The molecular formula is C103H111ClN16O23. The number of esters is 1. The molecule has 11 N–H and O–H groups in total. The first-order valence-corrected chi connectivity index (χ1v) is 47.5. The van der Waals surface area contributed by atoms with Gasteiger partial charge >= 0.3 is 29.6 Å². The SMILES string of the molecule is CC(=O)Oc1ccccc1C(=O)O.CN1C(=O)CN=C(c2ccccc2)c2cc(Cl)ccc21.CN1C[C@H](C(=O)N[C@]2(C)O[C@@]3(O)[C@@H]4CCCN4C(=O)[C@H](Cc4ccccc4)N3C2=O)C[C@@H]2c3cccc4[nH]cc(c34)C[C@@H]21.CN1C[C@H](C(=O)N[C@]2(C)O[C@@]3(O)[C@@H]4CCCN4C(=O)[C@H](Cc4ccccc4)N3C2=O)C[C@@H]2c3cccc4[nH]cc(c34)C[C@@H]21.Cn1c(=O)c2c(ncn2C)n(C)c1=O.O=C(O)[C@@H](O)[C@H](O)C(=O)O. The van der Waals surface area contributed by atoms with Crippen molar-refractivity contribution in [3.8, 4) is 5.75 Å². The van der Waals surface area contributed by atoms with Gasteiger partial charge in [0.1, 0.15) is 42.0 Å². The number of carboxylic acid groups (broad SMARTS) is 3. The number of benzodiazepines with no additional fused rings is 1. The van der Waals surface area contributed by atoms with E-state index in [-0.39, 0.29) is 107 Å². The number of amides is 7. The first-order valence-electron chi connectivity index (χ1n) is 47.1. The van der Waals surface area contributed by atoms with Gasteiger partial charge in [0.25, 0.3) is 29.2 Å². The molecule has 40 heteroatoms. The van der Waals surface area contributed by atoms with Crippen molar-refractivity contribution in [3.05, 3.63) is 265 Å². The van der Waals surface area contributed by atoms with E-state index in [0.29, 0.717) is 80.9 Å². The Hall–Kier alpha value is -14.4. The molecule has 11 aromatic rings. The number of aromatic amines is 2. The van der Waals surface area contributed by atoms with Gasteiger partial charge in [-0.1, -0.05) is 139 Å². The Kier molecular flexibility index (Phi) is 27.9. The summed E-state index contributed by atoms with van der Waals surface area (Å²) in [6.45, 7) is 6.48. The number of carbonyl (C=O) groups is 11. The molecule has 0 spiro atoms. The Morgan fingerprint density at radius 2 is 1.04 bits per heavy atom. The maximum absolute atomic E-state index is 14.2. The summed E-state index contributed by atoms with van der Waals surface area (Å²) < 4.78 is 21.2. The number of aryl methyl sites for hydroxylation is 2. The largest absolute Gasteiger partial charge is 0.479 e. The lowest BCUT2D eigenvalue weighted by molar-refractivity contribution is -0.315. The molecule has 11 aliphatic rings. The van der Waals surface area contributed by atoms with E-state index in [1.165, 1.54) is 93.7 Å². The van der Waals surface area contributed by atoms with Crippen molar-refractivity contribution in [1.29, 1.82) is 0 Å². The normalized spacial score (nSPS) is 26.2. The van der Waals surface area contributed by atoms with Crippen molar-refractivity contribution in [3.63, 3.8) is 0 Å². The fourth-order valence-electron chi connectivity index (χ4n) is 22.2. The van der Waals surface area contributed by atoms with E-state index in [4.69, 9.17) is 46.6 Å². The van der Waals surface area contributed by atoms with Gasteiger partial charge in [-0.2, -0.15) is 0 Å². The summed E-state index contributed by atoms with van der Waals surface area (Å²) in [5.74, 6) is -11.8. The van der Waals surface area contributed by atoms with E-state index < -0.39 is 95.3 Å². The first-order chi connectivity index (χ1) is 68.1. The number of carbonyl (C=O) groups excluding carboxylic acids is 8.